The molecule has 7 heteroatoms. The molecule has 3 rings (SSSR count). The minimum absolute atomic E-state index is 0.180. The largest absolute Gasteiger partial charge is 0.472 e. The first-order chi connectivity index (χ1) is 12.2. The Morgan fingerprint density at radius 2 is 2.28 bits per heavy atom. The van der Waals surface area contributed by atoms with Gasteiger partial charge in [-0.2, -0.15) is 4.98 Å². The smallest absolute Gasteiger partial charge is 0.227 e. The summed E-state index contributed by atoms with van der Waals surface area (Å²) in [6, 6.07) is 2.29. The molecule has 2 aromatic heterocycles. The zero-order chi connectivity index (χ0) is 17.6. The van der Waals surface area contributed by atoms with Crippen molar-refractivity contribution in [2.24, 2.45) is 0 Å². The van der Waals surface area contributed by atoms with Crippen molar-refractivity contribution in [1.82, 2.24) is 19.9 Å². The second-order valence-corrected chi connectivity index (χ2v) is 6.57. The fourth-order valence-corrected chi connectivity index (χ4v) is 3.46. The number of likely N-dealkylation sites (tertiary alicyclic amines) is 1. The van der Waals surface area contributed by atoms with Gasteiger partial charge in [0.1, 0.15) is 0 Å². The SMILES string of the molecule is CCN(Cc1noc(C)n1)C1CCCN(C(=O)Cc2ccoc2)CC1. The van der Waals surface area contributed by atoms with Gasteiger partial charge in [-0.3, -0.25) is 9.69 Å². The highest BCUT2D eigenvalue weighted by atomic mass is 16.5. The molecule has 0 aliphatic carbocycles. The third-order valence-electron chi connectivity index (χ3n) is 4.82. The van der Waals surface area contributed by atoms with E-state index in [-0.39, 0.29) is 5.91 Å². The lowest BCUT2D eigenvalue weighted by atomic mass is 10.1. The van der Waals surface area contributed by atoms with Gasteiger partial charge in [0.2, 0.25) is 11.8 Å². The number of hydrogen-bond donors (Lipinski definition) is 0. The topological polar surface area (TPSA) is 75.6 Å². The van der Waals surface area contributed by atoms with Gasteiger partial charge in [0.25, 0.3) is 0 Å². The maximum atomic E-state index is 12.5. The molecule has 7 nitrogen and oxygen atoms in total. The van der Waals surface area contributed by atoms with Crippen molar-refractivity contribution in [2.75, 3.05) is 19.6 Å². The highest BCUT2D eigenvalue weighted by molar-refractivity contribution is 5.78. The van der Waals surface area contributed by atoms with Crippen molar-refractivity contribution in [1.29, 1.82) is 0 Å². The summed E-state index contributed by atoms with van der Waals surface area (Å²) in [5.74, 6) is 1.51. The standard InChI is InChI=1S/C18H26N4O3/c1-3-21(12-17-19-14(2)25-20-17)16-5-4-8-22(9-6-16)18(23)11-15-7-10-24-13-15/h7,10,13,16H,3-6,8-9,11-12H2,1-2H3. The lowest BCUT2D eigenvalue weighted by molar-refractivity contribution is -0.130. The van der Waals surface area contributed by atoms with E-state index < -0.39 is 0 Å². The van der Waals surface area contributed by atoms with Crippen LogP contribution in [0.2, 0.25) is 0 Å². The number of hydrogen-bond acceptors (Lipinski definition) is 6. The van der Waals surface area contributed by atoms with Crippen molar-refractivity contribution in [3.8, 4) is 0 Å². The number of carbonyl (C=O) groups is 1. The monoisotopic (exact) mass is 346 g/mol. The maximum absolute atomic E-state index is 12.5. The number of aromatic nitrogens is 2. The fraction of sp³-hybridized carbons (Fsp3) is 0.611. The number of carbonyl (C=O) groups excluding carboxylic acids is 1. The Kier molecular flexibility index (Phi) is 5.86. The second kappa shape index (κ2) is 8.29. The Balaban J connectivity index is 1.55. The van der Waals surface area contributed by atoms with E-state index in [1.54, 1.807) is 12.5 Å². The fourth-order valence-electron chi connectivity index (χ4n) is 3.46. The van der Waals surface area contributed by atoms with Crippen LogP contribution in [-0.2, 0) is 17.8 Å². The van der Waals surface area contributed by atoms with Gasteiger partial charge in [0, 0.05) is 26.1 Å². The summed E-state index contributed by atoms with van der Waals surface area (Å²) in [4.78, 5) is 21.2. The van der Waals surface area contributed by atoms with Crippen LogP contribution in [0.5, 0.6) is 0 Å². The van der Waals surface area contributed by atoms with Crippen LogP contribution in [-0.4, -0.2) is 51.5 Å². The van der Waals surface area contributed by atoms with Crippen LogP contribution < -0.4 is 0 Å². The highest BCUT2D eigenvalue weighted by Gasteiger charge is 2.25. The molecule has 1 atom stereocenters. The third kappa shape index (κ3) is 4.69. The molecular weight excluding hydrogens is 320 g/mol. The Labute approximate surface area is 148 Å². The van der Waals surface area contributed by atoms with E-state index in [1.165, 1.54) is 0 Å². The molecule has 1 unspecified atom stereocenters. The van der Waals surface area contributed by atoms with Crippen LogP contribution in [0.25, 0.3) is 0 Å². The van der Waals surface area contributed by atoms with Crippen LogP contribution in [0.1, 0.15) is 43.5 Å². The van der Waals surface area contributed by atoms with Crippen LogP contribution >= 0.6 is 0 Å². The van der Waals surface area contributed by atoms with E-state index in [9.17, 15) is 4.79 Å². The van der Waals surface area contributed by atoms with Gasteiger partial charge in [-0.25, -0.2) is 0 Å². The van der Waals surface area contributed by atoms with E-state index in [0.717, 1.165) is 50.3 Å². The predicted molar refractivity (Wildman–Crippen MR) is 91.8 cm³/mol. The molecule has 1 aliphatic rings. The van der Waals surface area contributed by atoms with Gasteiger partial charge < -0.3 is 13.8 Å². The molecule has 25 heavy (non-hydrogen) atoms. The zero-order valence-electron chi connectivity index (χ0n) is 15.0. The molecular formula is C18H26N4O3. The number of aryl methyl sites for hydroxylation is 1. The lowest BCUT2D eigenvalue weighted by Gasteiger charge is -2.28. The van der Waals surface area contributed by atoms with Crippen molar-refractivity contribution in [3.05, 3.63) is 35.9 Å². The number of rotatable bonds is 6. The summed E-state index contributed by atoms with van der Waals surface area (Å²) in [5.41, 5.74) is 0.938. The summed E-state index contributed by atoms with van der Waals surface area (Å²) < 4.78 is 10.1. The summed E-state index contributed by atoms with van der Waals surface area (Å²) in [6.07, 6.45) is 6.75. The van der Waals surface area contributed by atoms with Gasteiger partial charge in [0.05, 0.1) is 25.5 Å². The first-order valence-electron chi connectivity index (χ1n) is 8.97. The van der Waals surface area contributed by atoms with Crippen LogP contribution in [0, 0.1) is 6.92 Å². The highest BCUT2D eigenvalue weighted by Crippen LogP contribution is 2.19. The Morgan fingerprint density at radius 3 is 2.96 bits per heavy atom. The number of furan rings is 1. The molecule has 1 fully saturated rings. The Bertz CT molecular complexity index is 668. The van der Waals surface area contributed by atoms with Gasteiger partial charge in [-0.15, -0.1) is 0 Å². The summed E-state index contributed by atoms with van der Waals surface area (Å²) in [6.45, 7) is 7.21. The lowest BCUT2D eigenvalue weighted by Crippen LogP contribution is -2.37. The number of nitrogens with zero attached hydrogens (tertiary/aromatic N) is 4. The molecule has 1 amide bonds. The van der Waals surface area contributed by atoms with Gasteiger partial charge in [-0.1, -0.05) is 12.1 Å². The summed E-state index contributed by atoms with van der Waals surface area (Å²) in [5, 5.41) is 4.01. The first kappa shape index (κ1) is 17.7. The van der Waals surface area contributed by atoms with E-state index in [4.69, 9.17) is 8.94 Å². The molecule has 136 valence electrons. The summed E-state index contributed by atoms with van der Waals surface area (Å²) >= 11 is 0. The molecule has 1 saturated heterocycles. The molecule has 3 heterocycles. The maximum Gasteiger partial charge on any atom is 0.227 e. The Morgan fingerprint density at radius 1 is 1.40 bits per heavy atom. The average molecular weight is 346 g/mol. The normalized spacial score (nSPS) is 18.5. The minimum Gasteiger partial charge on any atom is -0.472 e. The Hall–Kier alpha value is -2.15. The van der Waals surface area contributed by atoms with Gasteiger partial charge in [0.15, 0.2) is 5.82 Å². The van der Waals surface area contributed by atoms with Crippen molar-refractivity contribution >= 4 is 5.91 Å². The quantitative estimate of drug-likeness (QED) is 0.799. The molecule has 0 N–H and O–H groups in total. The van der Waals surface area contributed by atoms with E-state index >= 15 is 0 Å². The van der Waals surface area contributed by atoms with E-state index in [1.807, 2.05) is 17.9 Å². The number of amides is 1. The third-order valence-corrected chi connectivity index (χ3v) is 4.82. The first-order valence-corrected chi connectivity index (χ1v) is 8.97. The van der Waals surface area contributed by atoms with Crippen molar-refractivity contribution in [2.45, 2.75) is 52.1 Å². The zero-order valence-corrected chi connectivity index (χ0v) is 15.0. The van der Waals surface area contributed by atoms with Gasteiger partial charge in [-0.05, 0) is 37.4 Å². The van der Waals surface area contributed by atoms with Crippen molar-refractivity contribution < 1.29 is 13.7 Å². The second-order valence-electron chi connectivity index (χ2n) is 6.57. The molecule has 2 aromatic rings. The molecule has 0 aromatic carbocycles. The van der Waals surface area contributed by atoms with Crippen molar-refractivity contribution in [3.63, 3.8) is 0 Å². The van der Waals surface area contributed by atoms with Crippen LogP contribution in [0.4, 0.5) is 0 Å². The molecule has 0 radical (unpaired) electrons. The van der Waals surface area contributed by atoms with Crippen LogP contribution in [0.3, 0.4) is 0 Å². The van der Waals surface area contributed by atoms with Crippen LogP contribution in [0.15, 0.2) is 27.5 Å². The van der Waals surface area contributed by atoms with Gasteiger partial charge >= 0.3 is 0 Å². The molecule has 0 bridgehead atoms. The average Bonchev–Trinajstić information content (AvgIpc) is 3.18. The minimum atomic E-state index is 0.180. The summed E-state index contributed by atoms with van der Waals surface area (Å²) in [7, 11) is 0. The van der Waals surface area contributed by atoms with E-state index in [0.29, 0.717) is 24.9 Å². The predicted octanol–water partition coefficient (Wildman–Crippen LogP) is 2.42. The molecule has 0 spiro atoms. The molecule has 1 aliphatic heterocycles. The van der Waals surface area contributed by atoms with E-state index in [2.05, 4.69) is 22.0 Å². The molecule has 0 saturated carbocycles.